The third kappa shape index (κ3) is 5.97. The molecule has 3 rings (SSSR count). The third-order valence-electron chi connectivity index (χ3n) is 4.27. The molecule has 0 bridgehead atoms. The second-order valence-corrected chi connectivity index (χ2v) is 7.32. The summed E-state index contributed by atoms with van der Waals surface area (Å²) in [5, 5.41) is 6.75. The van der Waals surface area contributed by atoms with E-state index in [0.29, 0.717) is 12.6 Å². The van der Waals surface area contributed by atoms with Crippen LogP contribution in [-0.4, -0.2) is 50.8 Å². The highest BCUT2D eigenvalue weighted by Gasteiger charge is 2.24. The molecule has 8 heteroatoms. The van der Waals surface area contributed by atoms with Gasteiger partial charge in [0.25, 0.3) is 0 Å². The summed E-state index contributed by atoms with van der Waals surface area (Å²) in [6.45, 7) is 7.09. The average Bonchev–Trinajstić information content (AvgIpc) is 3.30. The lowest BCUT2D eigenvalue weighted by Crippen LogP contribution is -2.46. The van der Waals surface area contributed by atoms with Crippen molar-refractivity contribution in [3.05, 3.63) is 46.0 Å². The van der Waals surface area contributed by atoms with E-state index in [-0.39, 0.29) is 24.0 Å². The lowest BCUT2D eigenvalue weighted by molar-refractivity contribution is 0.0177. The molecule has 0 saturated carbocycles. The first-order valence-electron chi connectivity index (χ1n) is 8.61. The zero-order valence-corrected chi connectivity index (χ0v) is 18.4. The number of nitrogens with zero attached hydrogens (tertiary/aromatic N) is 2. The highest BCUT2D eigenvalue weighted by atomic mass is 127. The standard InChI is InChI=1S/C18H26N4O2S.HI/c1-14-5-6-17(25-14)16(22-7-10-23-11-8-22)13-21-18(19-2)20-12-15-4-3-9-24-15;/h3-6,9,16H,7-8,10-13H2,1-2H3,(H2,19,20,21);1H. The zero-order valence-electron chi connectivity index (χ0n) is 15.2. The number of rotatable bonds is 6. The Morgan fingerprint density at radius 3 is 2.69 bits per heavy atom. The van der Waals surface area contributed by atoms with Gasteiger partial charge in [0, 0.05) is 36.4 Å². The summed E-state index contributed by atoms with van der Waals surface area (Å²) in [5.41, 5.74) is 0. The van der Waals surface area contributed by atoms with Crippen LogP contribution >= 0.6 is 35.3 Å². The Morgan fingerprint density at radius 2 is 2.08 bits per heavy atom. The molecule has 0 aliphatic carbocycles. The highest BCUT2D eigenvalue weighted by molar-refractivity contribution is 14.0. The number of guanidine groups is 1. The van der Waals surface area contributed by atoms with E-state index in [4.69, 9.17) is 9.15 Å². The van der Waals surface area contributed by atoms with E-state index in [9.17, 15) is 0 Å². The van der Waals surface area contributed by atoms with Crippen molar-refractivity contribution in [3.63, 3.8) is 0 Å². The van der Waals surface area contributed by atoms with Crippen LogP contribution in [0.25, 0.3) is 0 Å². The molecule has 1 aliphatic rings. The van der Waals surface area contributed by atoms with E-state index < -0.39 is 0 Å². The van der Waals surface area contributed by atoms with Crippen molar-refractivity contribution < 1.29 is 9.15 Å². The van der Waals surface area contributed by atoms with Crippen molar-refractivity contribution in [1.29, 1.82) is 0 Å². The molecule has 0 amide bonds. The first-order valence-corrected chi connectivity index (χ1v) is 9.43. The average molecular weight is 490 g/mol. The van der Waals surface area contributed by atoms with Crippen molar-refractivity contribution in [1.82, 2.24) is 15.5 Å². The minimum atomic E-state index is 0. The predicted molar refractivity (Wildman–Crippen MR) is 117 cm³/mol. The summed E-state index contributed by atoms with van der Waals surface area (Å²) in [6.07, 6.45) is 1.68. The number of aliphatic imine (C=N–C) groups is 1. The first kappa shape index (κ1) is 21.2. The fourth-order valence-corrected chi connectivity index (χ4v) is 3.94. The molecule has 1 saturated heterocycles. The second-order valence-electron chi connectivity index (χ2n) is 6.00. The fourth-order valence-electron chi connectivity index (χ4n) is 2.93. The summed E-state index contributed by atoms with van der Waals surface area (Å²) in [5.74, 6) is 1.67. The summed E-state index contributed by atoms with van der Waals surface area (Å²) in [7, 11) is 1.79. The maximum absolute atomic E-state index is 5.51. The smallest absolute Gasteiger partial charge is 0.191 e. The van der Waals surface area contributed by atoms with Crippen molar-refractivity contribution >= 4 is 41.3 Å². The molecule has 0 spiro atoms. The number of aryl methyl sites for hydroxylation is 1. The molecule has 3 heterocycles. The van der Waals surface area contributed by atoms with Crippen LogP contribution in [0.2, 0.25) is 0 Å². The zero-order chi connectivity index (χ0) is 17.5. The number of hydrogen-bond acceptors (Lipinski definition) is 5. The number of furan rings is 1. The van der Waals surface area contributed by atoms with Gasteiger partial charge < -0.3 is 19.8 Å². The van der Waals surface area contributed by atoms with Gasteiger partial charge in [0.1, 0.15) is 5.76 Å². The molecule has 2 aromatic heterocycles. The number of thiophene rings is 1. The van der Waals surface area contributed by atoms with Crippen LogP contribution in [0.1, 0.15) is 21.6 Å². The molecular weight excluding hydrogens is 463 g/mol. The Balaban J connectivity index is 0.00000243. The van der Waals surface area contributed by atoms with Crippen LogP contribution in [-0.2, 0) is 11.3 Å². The number of nitrogens with one attached hydrogen (secondary N) is 2. The molecule has 2 aromatic rings. The Bertz CT molecular complexity index is 669. The SMILES string of the molecule is CN=C(NCc1ccco1)NCC(c1ccc(C)s1)N1CCOCC1.I. The van der Waals surface area contributed by atoms with Crippen LogP contribution in [0.3, 0.4) is 0 Å². The first-order chi connectivity index (χ1) is 12.3. The molecule has 0 radical (unpaired) electrons. The molecule has 144 valence electrons. The molecule has 6 nitrogen and oxygen atoms in total. The van der Waals surface area contributed by atoms with Crippen LogP contribution in [0.15, 0.2) is 39.9 Å². The lowest BCUT2D eigenvalue weighted by atomic mass is 10.2. The van der Waals surface area contributed by atoms with E-state index in [1.807, 2.05) is 23.5 Å². The van der Waals surface area contributed by atoms with E-state index >= 15 is 0 Å². The Labute approximate surface area is 176 Å². The number of ether oxygens (including phenoxy) is 1. The van der Waals surface area contributed by atoms with Crippen LogP contribution in [0.4, 0.5) is 0 Å². The third-order valence-corrected chi connectivity index (χ3v) is 5.37. The van der Waals surface area contributed by atoms with Crippen molar-refractivity contribution in [2.24, 2.45) is 4.99 Å². The predicted octanol–water partition coefficient (Wildman–Crippen LogP) is 3.01. The second kappa shape index (κ2) is 10.9. The summed E-state index contributed by atoms with van der Waals surface area (Å²) >= 11 is 1.86. The molecule has 2 N–H and O–H groups in total. The van der Waals surface area contributed by atoms with Gasteiger partial charge in [-0.05, 0) is 31.2 Å². The molecule has 1 unspecified atom stereocenters. The van der Waals surface area contributed by atoms with E-state index in [2.05, 4.69) is 39.6 Å². The topological polar surface area (TPSA) is 62.0 Å². The number of hydrogen-bond donors (Lipinski definition) is 2. The van der Waals surface area contributed by atoms with Crippen molar-refractivity contribution in [3.8, 4) is 0 Å². The van der Waals surface area contributed by atoms with E-state index in [0.717, 1.165) is 44.6 Å². The Kier molecular flexibility index (Phi) is 8.89. The van der Waals surface area contributed by atoms with E-state index in [1.165, 1.54) is 9.75 Å². The normalized spacial score (nSPS) is 16.8. The summed E-state index contributed by atoms with van der Waals surface area (Å²) in [6, 6.07) is 8.59. The number of halogens is 1. The molecule has 1 aliphatic heterocycles. The Hall–Kier alpha value is -1.10. The molecule has 0 aromatic carbocycles. The Morgan fingerprint density at radius 1 is 1.27 bits per heavy atom. The van der Waals surface area contributed by atoms with Crippen LogP contribution < -0.4 is 10.6 Å². The molecular formula is C18H27IN4O2S. The minimum Gasteiger partial charge on any atom is -0.467 e. The molecule has 1 fully saturated rings. The lowest BCUT2D eigenvalue weighted by Gasteiger charge is -2.34. The van der Waals surface area contributed by atoms with Gasteiger partial charge in [0.2, 0.25) is 0 Å². The van der Waals surface area contributed by atoms with Gasteiger partial charge in [-0.3, -0.25) is 9.89 Å². The van der Waals surface area contributed by atoms with Gasteiger partial charge in [0.15, 0.2) is 5.96 Å². The summed E-state index contributed by atoms with van der Waals surface area (Å²) in [4.78, 5) is 9.53. The van der Waals surface area contributed by atoms with Gasteiger partial charge in [-0.15, -0.1) is 35.3 Å². The fraction of sp³-hybridized carbons (Fsp3) is 0.500. The van der Waals surface area contributed by atoms with Gasteiger partial charge in [-0.2, -0.15) is 0 Å². The van der Waals surface area contributed by atoms with Crippen molar-refractivity contribution in [2.75, 3.05) is 39.9 Å². The van der Waals surface area contributed by atoms with E-state index in [1.54, 1.807) is 13.3 Å². The van der Waals surface area contributed by atoms with Gasteiger partial charge in [0.05, 0.1) is 32.1 Å². The monoisotopic (exact) mass is 490 g/mol. The van der Waals surface area contributed by atoms with Crippen molar-refractivity contribution in [2.45, 2.75) is 19.5 Å². The maximum Gasteiger partial charge on any atom is 0.191 e. The van der Waals surface area contributed by atoms with Gasteiger partial charge in [-0.1, -0.05) is 0 Å². The minimum absolute atomic E-state index is 0. The largest absolute Gasteiger partial charge is 0.467 e. The summed E-state index contributed by atoms with van der Waals surface area (Å²) < 4.78 is 10.9. The van der Waals surface area contributed by atoms with Gasteiger partial charge >= 0.3 is 0 Å². The van der Waals surface area contributed by atoms with Gasteiger partial charge in [-0.25, -0.2) is 0 Å². The van der Waals surface area contributed by atoms with Crippen LogP contribution in [0.5, 0.6) is 0 Å². The quantitative estimate of drug-likeness (QED) is 0.371. The maximum atomic E-state index is 5.51. The van der Waals surface area contributed by atoms with Crippen LogP contribution in [0, 0.1) is 6.92 Å². The molecule has 26 heavy (non-hydrogen) atoms. The highest BCUT2D eigenvalue weighted by Crippen LogP contribution is 2.27. The molecule has 1 atom stereocenters. The number of morpholine rings is 1.